The molecule has 3 aromatic rings. The zero-order valence-corrected chi connectivity index (χ0v) is 12.1. The molecule has 0 bridgehead atoms. The van der Waals surface area contributed by atoms with Crippen LogP contribution in [-0.4, -0.2) is 9.97 Å². The molecule has 0 saturated heterocycles. The van der Waals surface area contributed by atoms with Crippen molar-refractivity contribution in [2.75, 3.05) is 0 Å². The average Bonchev–Trinajstić information content (AvgIpc) is 2.92. The molecule has 2 aromatic carbocycles. The molecule has 0 aliphatic heterocycles. The van der Waals surface area contributed by atoms with E-state index in [9.17, 15) is 0 Å². The normalized spacial score (nSPS) is 10.7. The molecule has 0 atom stereocenters. The third-order valence-electron chi connectivity index (χ3n) is 3.05. The maximum atomic E-state index is 6.02. The Hall–Kier alpha value is -1.77. The number of imidazole rings is 1. The van der Waals surface area contributed by atoms with E-state index < -0.39 is 0 Å². The van der Waals surface area contributed by atoms with Gasteiger partial charge in [-0.05, 0) is 17.7 Å². The largest absolute Gasteiger partial charge is 0.342 e. The summed E-state index contributed by atoms with van der Waals surface area (Å²) in [5, 5.41) is 1.15. The highest BCUT2D eigenvalue weighted by Gasteiger charge is 2.05. The summed E-state index contributed by atoms with van der Waals surface area (Å²) in [6.07, 6.45) is 2.60. The van der Waals surface area contributed by atoms with Crippen LogP contribution in [0.15, 0.2) is 54.7 Å². The van der Waals surface area contributed by atoms with Crippen molar-refractivity contribution in [3.63, 3.8) is 0 Å². The molecule has 3 rings (SSSR count). The van der Waals surface area contributed by atoms with Gasteiger partial charge in [0, 0.05) is 23.9 Å². The molecule has 1 N–H and O–H groups in total. The minimum Gasteiger partial charge on any atom is -0.342 e. The Balaban J connectivity index is 1.82. The van der Waals surface area contributed by atoms with Gasteiger partial charge in [0.1, 0.15) is 5.82 Å². The van der Waals surface area contributed by atoms with Gasteiger partial charge in [-0.2, -0.15) is 0 Å². The van der Waals surface area contributed by atoms with E-state index in [0.29, 0.717) is 10.0 Å². The second-order valence-corrected chi connectivity index (χ2v) is 5.36. The van der Waals surface area contributed by atoms with Crippen LogP contribution in [0.3, 0.4) is 0 Å². The second kappa shape index (κ2) is 5.70. The Morgan fingerprint density at radius 2 is 1.75 bits per heavy atom. The van der Waals surface area contributed by atoms with Gasteiger partial charge < -0.3 is 4.98 Å². The maximum Gasteiger partial charge on any atom is 0.137 e. The van der Waals surface area contributed by atoms with Gasteiger partial charge in [-0.15, -0.1) is 0 Å². The fourth-order valence-corrected chi connectivity index (χ4v) is 2.38. The van der Waals surface area contributed by atoms with E-state index >= 15 is 0 Å². The number of aromatic nitrogens is 2. The predicted octanol–water partition coefficient (Wildman–Crippen LogP) is 4.97. The van der Waals surface area contributed by atoms with Crippen molar-refractivity contribution >= 4 is 23.2 Å². The molecule has 0 spiro atoms. The smallest absolute Gasteiger partial charge is 0.137 e. The second-order valence-electron chi connectivity index (χ2n) is 4.55. The number of hydrogen-bond donors (Lipinski definition) is 1. The summed E-state index contributed by atoms with van der Waals surface area (Å²) in [4.78, 5) is 7.73. The fourth-order valence-electron chi connectivity index (χ4n) is 2.06. The van der Waals surface area contributed by atoms with E-state index in [4.69, 9.17) is 23.2 Å². The molecule has 0 aliphatic carbocycles. The Kier molecular flexibility index (Phi) is 3.77. The summed E-state index contributed by atoms with van der Waals surface area (Å²) in [7, 11) is 0. The van der Waals surface area contributed by atoms with Gasteiger partial charge in [0.15, 0.2) is 0 Å². The van der Waals surface area contributed by atoms with E-state index in [1.54, 1.807) is 0 Å². The molecule has 0 aliphatic rings. The van der Waals surface area contributed by atoms with E-state index in [1.165, 1.54) is 0 Å². The molecule has 0 fully saturated rings. The molecule has 100 valence electrons. The van der Waals surface area contributed by atoms with Gasteiger partial charge in [0.25, 0.3) is 0 Å². The summed E-state index contributed by atoms with van der Waals surface area (Å²) in [6.45, 7) is 0. The molecule has 1 heterocycles. The summed E-state index contributed by atoms with van der Waals surface area (Å²) < 4.78 is 0. The SMILES string of the molecule is Clc1ccc(Cc2cnc(-c3ccccc3)[nH]2)cc1Cl. The Labute approximate surface area is 127 Å². The maximum absolute atomic E-state index is 6.02. The van der Waals surface area contributed by atoms with Crippen molar-refractivity contribution in [2.24, 2.45) is 0 Å². The van der Waals surface area contributed by atoms with Crippen molar-refractivity contribution in [3.8, 4) is 11.4 Å². The van der Waals surface area contributed by atoms with Crippen molar-refractivity contribution in [1.29, 1.82) is 0 Å². The summed E-state index contributed by atoms with van der Waals surface area (Å²) in [5.41, 5.74) is 3.22. The molecule has 20 heavy (non-hydrogen) atoms. The van der Waals surface area contributed by atoms with Crippen molar-refractivity contribution in [3.05, 3.63) is 76.0 Å². The third-order valence-corrected chi connectivity index (χ3v) is 3.79. The van der Waals surface area contributed by atoms with Gasteiger partial charge in [0.2, 0.25) is 0 Å². The van der Waals surface area contributed by atoms with Gasteiger partial charge >= 0.3 is 0 Å². The zero-order valence-electron chi connectivity index (χ0n) is 10.6. The molecule has 2 nitrogen and oxygen atoms in total. The van der Waals surface area contributed by atoms with Crippen molar-refractivity contribution in [1.82, 2.24) is 9.97 Å². The van der Waals surface area contributed by atoms with Crippen LogP contribution in [-0.2, 0) is 6.42 Å². The third kappa shape index (κ3) is 2.87. The first-order valence-electron chi connectivity index (χ1n) is 6.25. The lowest BCUT2D eigenvalue weighted by atomic mass is 10.1. The number of benzene rings is 2. The monoisotopic (exact) mass is 302 g/mol. The predicted molar refractivity (Wildman–Crippen MR) is 83.3 cm³/mol. The number of aromatic amines is 1. The lowest BCUT2D eigenvalue weighted by molar-refractivity contribution is 1.11. The average molecular weight is 303 g/mol. The molecule has 1 aromatic heterocycles. The highest BCUT2D eigenvalue weighted by atomic mass is 35.5. The van der Waals surface area contributed by atoms with Crippen molar-refractivity contribution < 1.29 is 0 Å². The van der Waals surface area contributed by atoms with E-state index in [2.05, 4.69) is 9.97 Å². The van der Waals surface area contributed by atoms with Gasteiger partial charge in [-0.3, -0.25) is 0 Å². The van der Waals surface area contributed by atoms with Crippen LogP contribution in [0.1, 0.15) is 11.3 Å². The zero-order chi connectivity index (χ0) is 13.9. The number of H-pyrrole nitrogens is 1. The number of nitrogens with one attached hydrogen (secondary N) is 1. The fraction of sp³-hybridized carbons (Fsp3) is 0.0625. The van der Waals surface area contributed by atoms with Crippen LogP contribution in [0.25, 0.3) is 11.4 Å². The van der Waals surface area contributed by atoms with Crippen LogP contribution in [0.5, 0.6) is 0 Å². The summed E-state index contributed by atoms with van der Waals surface area (Å²) in [5.74, 6) is 0.876. The van der Waals surface area contributed by atoms with Crippen molar-refractivity contribution in [2.45, 2.75) is 6.42 Å². The Morgan fingerprint density at radius 1 is 0.950 bits per heavy atom. The van der Waals surface area contributed by atoms with E-state index in [1.807, 2.05) is 54.7 Å². The molecule has 0 amide bonds. The first-order valence-corrected chi connectivity index (χ1v) is 7.01. The van der Waals surface area contributed by atoms with Crippen LogP contribution < -0.4 is 0 Å². The molecule has 4 heteroatoms. The first kappa shape index (κ1) is 13.2. The summed E-state index contributed by atoms with van der Waals surface area (Å²) >= 11 is 11.9. The molecular weight excluding hydrogens is 291 g/mol. The number of rotatable bonds is 3. The summed E-state index contributed by atoms with van der Waals surface area (Å²) in [6, 6.07) is 15.7. The Bertz CT molecular complexity index is 720. The molecule has 0 unspecified atom stereocenters. The minimum absolute atomic E-state index is 0.574. The molecular formula is C16H12Cl2N2. The lowest BCUT2D eigenvalue weighted by Gasteiger charge is -2.01. The highest BCUT2D eigenvalue weighted by Crippen LogP contribution is 2.24. The van der Waals surface area contributed by atoms with Crippen LogP contribution in [0.2, 0.25) is 10.0 Å². The van der Waals surface area contributed by atoms with Crippen LogP contribution in [0.4, 0.5) is 0 Å². The molecule has 0 saturated carbocycles. The minimum atomic E-state index is 0.574. The number of halogens is 2. The molecule has 0 radical (unpaired) electrons. The standard InChI is InChI=1S/C16H12Cl2N2/c17-14-7-6-11(9-15(14)18)8-13-10-19-16(20-13)12-4-2-1-3-5-12/h1-7,9-10H,8H2,(H,19,20). The Morgan fingerprint density at radius 3 is 2.50 bits per heavy atom. The van der Waals surface area contributed by atoms with Gasteiger partial charge in [0.05, 0.1) is 10.0 Å². The van der Waals surface area contributed by atoms with Crippen LogP contribution in [0, 0.1) is 0 Å². The van der Waals surface area contributed by atoms with E-state index in [-0.39, 0.29) is 0 Å². The quantitative estimate of drug-likeness (QED) is 0.726. The lowest BCUT2D eigenvalue weighted by Crippen LogP contribution is -1.89. The van der Waals surface area contributed by atoms with Gasteiger partial charge in [-0.1, -0.05) is 59.6 Å². The highest BCUT2D eigenvalue weighted by molar-refractivity contribution is 6.42. The van der Waals surface area contributed by atoms with E-state index in [0.717, 1.165) is 29.1 Å². The van der Waals surface area contributed by atoms with Gasteiger partial charge in [-0.25, -0.2) is 4.98 Å². The topological polar surface area (TPSA) is 28.7 Å². The first-order chi connectivity index (χ1) is 9.72. The van der Waals surface area contributed by atoms with Crippen LogP contribution >= 0.6 is 23.2 Å². The number of nitrogens with zero attached hydrogens (tertiary/aromatic N) is 1. The number of hydrogen-bond acceptors (Lipinski definition) is 1.